The maximum absolute atomic E-state index is 12.1. The normalized spacial score (nSPS) is 17.4. The molecule has 1 N–H and O–H groups in total. The highest BCUT2D eigenvalue weighted by molar-refractivity contribution is 7.88. The zero-order chi connectivity index (χ0) is 16.3. The Bertz CT molecular complexity index is 655. The summed E-state index contributed by atoms with van der Waals surface area (Å²) in [6, 6.07) is 5.30. The van der Waals surface area contributed by atoms with Crippen LogP contribution in [0.25, 0.3) is 0 Å². The van der Waals surface area contributed by atoms with E-state index in [9.17, 15) is 13.2 Å². The molecule has 1 aliphatic heterocycles. The molecule has 0 saturated carbocycles. The summed E-state index contributed by atoms with van der Waals surface area (Å²) < 4.78 is 24.3. The van der Waals surface area contributed by atoms with Gasteiger partial charge in [0.05, 0.1) is 12.8 Å². The van der Waals surface area contributed by atoms with E-state index in [4.69, 9.17) is 11.6 Å². The van der Waals surface area contributed by atoms with E-state index in [1.54, 1.807) is 18.2 Å². The van der Waals surface area contributed by atoms with Crippen molar-refractivity contribution < 1.29 is 13.2 Å². The van der Waals surface area contributed by atoms with Gasteiger partial charge < -0.3 is 5.32 Å². The number of halogens is 1. The van der Waals surface area contributed by atoms with E-state index in [1.807, 2.05) is 11.8 Å². The second kappa shape index (κ2) is 6.95. The summed E-state index contributed by atoms with van der Waals surface area (Å²) in [5.41, 5.74) is 1.65. The Morgan fingerprint density at radius 2 is 1.91 bits per heavy atom. The van der Waals surface area contributed by atoms with Gasteiger partial charge in [-0.1, -0.05) is 11.6 Å². The van der Waals surface area contributed by atoms with Crippen LogP contribution in [0.1, 0.15) is 5.56 Å². The van der Waals surface area contributed by atoms with E-state index in [0.717, 1.165) is 11.3 Å². The summed E-state index contributed by atoms with van der Waals surface area (Å²) in [5, 5.41) is 3.49. The van der Waals surface area contributed by atoms with Gasteiger partial charge in [0, 0.05) is 36.9 Å². The first-order valence-electron chi connectivity index (χ1n) is 6.99. The van der Waals surface area contributed by atoms with Gasteiger partial charge in [-0.2, -0.15) is 4.31 Å². The van der Waals surface area contributed by atoms with Crippen molar-refractivity contribution in [1.82, 2.24) is 9.21 Å². The third kappa shape index (κ3) is 4.67. The van der Waals surface area contributed by atoms with Gasteiger partial charge in [-0.15, -0.1) is 0 Å². The number of amides is 1. The number of carbonyl (C=O) groups is 1. The maximum atomic E-state index is 12.1. The monoisotopic (exact) mass is 345 g/mol. The first kappa shape index (κ1) is 17.2. The summed E-state index contributed by atoms with van der Waals surface area (Å²) in [6.45, 7) is 4.09. The Hall–Kier alpha value is -1.15. The Labute approximate surface area is 136 Å². The first-order valence-corrected chi connectivity index (χ1v) is 9.22. The molecule has 1 saturated heterocycles. The fourth-order valence-electron chi connectivity index (χ4n) is 2.38. The average Bonchev–Trinajstić information content (AvgIpc) is 2.41. The number of carbonyl (C=O) groups excluding carboxylic acids is 1. The lowest BCUT2D eigenvalue weighted by atomic mass is 10.2. The molecule has 122 valence electrons. The number of benzene rings is 1. The minimum Gasteiger partial charge on any atom is -0.325 e. The van der Waals surface area contributed by atoms with E-state index >= 15 is 0 Å². The molecule has 1 heterocycles. The van der Waals surface area contributed by atoms with Gasteiger partial charge in [0.15, 0.2) is 0 Å². The summed E-state index contributed by atoms with van der Waals surface area (Å²) in [7, 11) is -3.14. The fourth-order valence-corrected chi connectivity index (χ4v) is 3.43. The highest BCUT2D eigenvalue weighted by Gasteiger charge is 2.24. The predicted octanol–water partition coefficient (Wildman–Crippen LogP) is 1.16. The van der Waals surface area contributed by atoms with Gasteiger partial charge >= 0.3 is 0 Å². The SMILES string of the molecule is Cc1cc(Cl)ccc1NC(=O)CN1CCN(S(C)(=O)=O)CC1. The van der Waals surface area contributed by atoms with Crippen LogP contribution in [0.5, 0.6) is 0 Å². The van der Waals surface area contributed by atoms with E-state index in [0.29, 0.717) is 31.2 Å². The molecule has 1 amide bonds. The second-order valence-electron chi connectivity index (χ2n) is 5.45. The van der Waals surface area contributed by atoms with Crippen LogP contribution in [0.4, 0.5) is 5.69 Å². The highest BCUT2D eigenvalue weighted by atomic mass is 35.5. The largest absolute Gasteiger partial charge is 0.325 e. The molecule has 0 atom stereocenters. The van der Waals surface area contributed by atoms with Crippen molar-refractivity contribution in [3.05, 3.63) is 28.8 Å². The average molecular weight is 346 g/mol. The summed E-state index contributed by atoms with van der Waals surface area (Å²) in [6.07, 6.45) is 1.21. The van der Waals surface area contributed by atoms with Crippen molar-refractivity contribution in [3.63, 3.8) is 0 Å². The molecular formula is C14H20ClN3O3S. The lowest BCUT2D eigenvalue weighted by molar-refractivity contribution is -0.117. The zero-order valence-electron chi connectivity index (χ0n) is 12.7. The molecule has 2 rings (SSSR count). The molecule has 1 aromatic rings. The van der Waals surface area contributed by atoms with E-state index in [-0.39, 0.29) is 12.5 Å². The molecule has 1 fully saturated rings. The molecule has 6 nitrogen and oxygen atoms in total. The van der Waals surface area contributed by atoms with Gasteiger partial charge in [0.2, 0.25) is 15.9 Å². The minimum atomic E-state index is -3.14. The quantitative estimate of drug-likeness (QED) is 0.889. The molecule has 0 aliphatic carbocycles. The van der Waals surface area contributed by atoms with Crippen molar-refractivity contribution in [2.24, 2.45) is 0 Å². The van der Waals surface area contributed by atoms with Crippen LogP contribution in [0, 0.1) is 6.92 Å². The van der Waals surface area contributed by atoms with Crippen molar-refractivity contribution in [2.75, 3.05) is 44.3 Å². The highest BCUT2D eigenvalue weighted by Crippen LogP contribution is 2.19. The van der Waals surface area contributed by atoms with E-state index in [2.05, 4.69) is 5.32 Å². The first-order chi connectivity index (χ1) is 10.3. The molecule has 0 bridgehead atoms. The van der Waals surface area contributed by atoms with Crippen LogP contribution in [0.15, 0.2) is 18.2 Å². The molecule has 0 aromatic heterocycles. The van der Waals surface area contributed by atoms with E-state index in [1.165, 1.54) is 10.6 Å². The zero-order valence-corrected chi connectivity index (χ0v) is 14.2. The molecule has 0 spiro atoms. The Morgan fingerprint density at radius 3 is 2.45 bits per heavy atom. The number of hydrogen-bond donors (Lipinski definition) is 1. The molecule has 1 aliphatic rings. The van der Waals surface area contributed by atoms with Crippen molar-refractivity contribution in [1.29, 1.82) is 0 Å². The summed E-state index contributed by atoms with van der Waals surface area (Å²) >= 11 is 5.88. The number of hydrogen-bond acceptors (Lipinski definition) is 4. The number of rotatable bonds is 4. The molecule has 0 unspecified atom stereocenters. The number of aryl methyl sites for hydroxylation is 1. The Balaban J connectivity index is 1.86. The molecule has 1 aromatic carbocycles. The standard InChI is InChI=1S/C14H20ClN3O3S/c1-11-9-12(15)3-4-13(11)16-14(19)10-17-5-7-18(8-6-17)22(2,20)21/h3-4,9H,5-8,10H2,1-2H3,(H,16,19). The van der Waals surface area contributed by atoms with Crippen LogP contribution in [-0.4, -0.2) is 62.5 Å². The lowest BCUT2D eigenvalue weighted by Gasteiger charge is -2.32. The van der Waals surface area contributed by atoms with Crippen LogP contribution in [0.3, 0.4) is 0 Å². The van der Waals surface area contributed by atoms with E-state index < -0.39 is 10.0 Å². The van der Waals surface area contributed by atoms with Crippen molar-refractivity contribution in [3.8, 4) is 0 Å². The van der Waals surface area contributed by atoms with Crippen LogP contribution >= 0.6 is 11.6 Å². The van der Waals surface area contributed by atoms with Crippen molar-refractivity contribution in [2.45, 2.75) is 6.92 Å². The van der Waals surface area contributed by atoms with Gasteiger partial charge in [-0.05, 0) is 30.7 Å². The van der Waals surface area contributed by atoms with Gasteiger partial charge in [-0.3, -0.25) is 9.69 Å². The number of anilines is 1. The third-order valence-electron chi connectivity index (χ3n) is 3.63. The Morgan fingerprint density at radius 1 is 1.27 bits per heavy atom. The maximum Gasteiger partial charge on any atom is 0.238 e. The van der Waals surface area contributed by atoms with Gasteiger partial charge in [0.25, 0.3) is 0 Å². The lowest BCUT2D eigenvalue weighted by Crippen LogP contribution is -2.50. The molecular weight excluding hydrogens is 326 g/mol. The third-order valence-corrected chi connectivity index (χ3v) is 5.17. The van der Waals surface area contributed by atoms with Crippen LogP contribution in [0.2, 0.25) is 5.02 Å². The van der Waals surface area contributed by atoms with Crippen LogP contribution in [-0.2, 0) is 14.8 Å². The predicted molar refractivity (Wildman–Crippen MR) is 87.7 cm³/mol. The fraction of sp³-hybridized carbons (Fsp3) is 0.500. The van der Waals surface area contributed by atoms with Crippen molar-refractivity contribution >= 4 is 33.2 Å². The number of sulfonamides is 1. The van der Waals surface area contributed by atoms with Gasteiger partial charge in [-0.25, -0.2) is 8.42 Å². The number of nitrogens with one attached hydrogen (secondary N) is 1. The number of piperazine rings is 1. The van der Waals surface area contributed by atoms with Crippen LogP contribution < -0.4 is 5.32 Å². The topological polar surface area (TPSA) is 69.7 Å². The minimum absolute atomic E-state index is 0.113. The number of nitrogens with zero attached hydrogens (tertiary/aromatic N) is 2. The summed E-state index contributed by atoms with van der Waals surface area (Å²) in [4.78, 5) is 14.0. The summed E-state index contributed by atoms with van der Waals surface area (Å²) in [5.74, 6) is -0.113. The Kier molecular flexibility index (Phi) is 5.44. The molecule has 8 heteroatoms. The smallest absolute Gasteiger partial charge is 0.238 e. The molecule has 22 heavy (non-hydrogen) atoms. The second-order valence-corrected chi connectivity index (χ2v) is 7.86. The molecule has 0 radical (unpaired) electrons. The van der Waals surface area contributed by atoms with Gasteiger partial charge in [0.1, 0.15) is 0 Å².